The summed E-state index contributed by atoms with van der Waals surface area (Å²) in [6.45, 7) is 1.66. The number of carboxylic acid groups (broad SMARTS) is 1. The van der Waals surface area contributed by atoms with Crippen molar-refractivity contribution >= 4 is 17.6 Å². The monoisotopic (exact) mass is 258 g/mol. The normalized spacial score (nSPS) is 12.0. The molecule has 0 heterocycles. The average molecular weight is 258 g/mol. The van der Waals surface area contributed by atoms with Gasteiger partial charge in [-0.3, -0.25) is 4.79 Å². The minimum absolute atomic E-state index is 0.324. The minimum Gasteiger partial charge on any atom is -0.478 e. The van der Waals surface area contributed by atoms with Crippen molar-refractivity contribution in [2.45, 2.75) is 19.4 Å². The topological polar surface area (TPSA) is 92.4 Å². The molecule has 4 N–H and O–H groups in total. The van der Waals surface area contributed by atoms with Crippen LogP contribution in [-0.4, -0.2) is 23.0 Å². The quantitative estimate of drug-likeness (QED) is 0.759. The van der Waals surface area contributed by atoms with Gasteiger partial charge in [0.15, 0.2) is 11.6 Å². The first-order valence-corrected chi connectivity index (χ1v) is 5.15. The first-order chi connectivity index (χ1) is 8.36. The second kappa shape index (κ2) is 5.54. The number of carbonyl (C=O) groups is 2. The maximum atomic E-state index is 13.0. The Balaban J connectivity index is 3.11. The van der Waals surface area contributed by atoms with Crippen LogP contribution in [0.5, 0.6) is 0 Å². The summed E-state index contributed by atoms with van der Waals surface area (Å²) in [5, 5.41) is 11.0. The van der Waals surface area contributed by atoms with Crippen molar-refractivity contribution in [1.82, 2.24) is 0 Å². The second-order valence-corrected chi connectivity index (χ2v) is 3.62. The van der Waals surface area contributed by atoms with Gasteiger partial charge in [-0.15, -0.1) is 0 Å². The third-order valence-electron chi connectivity index (χ3n) is 2.33. The van der Waals surface area contributed by atoms with Crippen LogP contribution < -0.4 is 11.1 Å². The first-order valence-electron chi connectivity index (χ1n) is 5.15. The average Bonchev–Trinajstić information content (AvgIpc) is 2.31. The van der Waals surface area contributed by atoms with E-state index in [4.69, 9.17) is 10.8 Å². The number of hydrogen-bond acceptors (Lipinski definition) is 3. The standard InChI is InChI=1S/C11H12F2N2O3/c1-2-8(14)10(16)15-9-4-7(13)6(12)3-5(9)11(17)18/h3-4,8H,2,14H2,1H3,(H,15,16)(H,17,18). The third kappa shape index (κ3) is 3.01. The van der Waals surface area contributed by atoms with Gasteiger partial charge in [-0.2, -0.15) is 0 Å². The van der Waals surface area contributed by atoms with Crippen molar-refractivity contribution in [3.05, 3.63) is 29.3 Å². The molecule has 1 amide bonds. The fourth-order valence-electron chi connectivity index (χ4n) is 1.24. The lowest BCUT2D eigenvalue weighted by atomic mass is 10.1. The predicted octanol–water partition coefficient (Wildman–Crippen LogP) is 1.34. The minimum atomic E-state index is -1.48. The van der Waals surface area contributed by atoms with Gasteiger partial charge in [-0.05, 0) is 12.5 Å². The molecule has 18 heavy (non-hydrogen) atoms. The molecule has 0 saturated heterocycles. The van der Waals surface area contributed by atoms with Crippen LogP contribution in [0.2, 0.25) is 0 Å². The second-order valence-electron chi connectivity index (χ2n) is 3.62. The summed E-state index contributed by atoms with van der Waals surface area (Å²) in [6.07, 6.45) is 0.331. The lowest BCUT2D eigenvalue weighted by Crippen LogP contribution is -2.35. The summed E-state index contributed by atoms with van der Waals surface area (Å²) in [5.41, 5.74) is 4.57. The molecule has 1 rings (SSSR count). The number of carboxylic acids is 1. The van der Waals surface area contributed by atoms with Crippen LogP contribution in [0.1, 0.15) is 23.7 Å². The van der Waals surface area contributed by atoms with Crippen molar-refractivity contribution < 1.29 is 23.5 Å². The van der Waals surface area contributed by atoms with Crippen LogP contribution in [0.4, 0.5) is 14.5 Å². The van der Waals surface area contributed by atoms with Gasteiger partial charge in [0.1, 0.15) is 0 Å². The highest BCUT2D eigenvalue weighted by molar-refractivity contribution is 6.02. The van der Waals surface area contributed by atoms with E-state index in [-0.39, 0.29) is 5.69 Å². The molecule has 0 bridgehead atoms. The van der Waals surface area contributed by atoms with Gasteiger partial charge in [-0.25, -0.2) is 13.6 Å². The maximum absolute atomic E-state index is 13.0. The number of nitrogens with two attached hydrogens (primary N) is 1. The molecule has 0 spiro atoms. The van der Waals surface area contributed by atoms with Crippen LogP contribution in [0.3, 0.4) is 0 Å². The Morgan fingerprint density at radius 3 is 2.44 bits per heavy atom. The summed E-state index contributed by atoms with van der Waals surface area (Å²) in [7, 11) is 0. The van der Waals surface area contributed by atoms with Crippen LogP contribution in [0.15, 0.2) is 12.1 Å². The number of benzene rings is 1. The van der Waals surface area contributed by atoms with Crippen LogP contribution in [0, 0.1) is 11.6 Å². The zero-order chi connectivity index (χ0) is 13.9. The molecule has 98 valence electrons. The van der Waals surface area contributed by atoms with Crippen molar-refractivity contribution in [3.63, 3.8) is 0 Å². The fourth-order valence-corrected chi connectivity index (χ4v) is 1.24. The number of nitrogens with one attached hydrogen (secondary N) is 1. The number of halogens is 2. The highest BCUT2D eigenvalue weighted by atomic mass is 19.2. The van der Waals surface area contributed by atoms with Gasteiger partial charge in [0.2, 0.25) is 5.91 Å². The summed E-state index contributed by atoms with van der Waals surface area (Å²) in [4.78, 5) is 22.3. The van der Waals surface area contributed by atoms with Crippen molar-refractivity contribution in [1.29, 1.82) is 0 Å². The summed E-state index contributed by atoms with van der Waals surface area (Å²) < 4.78 is 25.9. The molecular weight excluding hydrogens is 246 g/mol. The number of aromatic carboxylic acids is 1. The molecule has 0 aromatic heterocycles. The van der Waals surface area contributed by atoms with Crippen molar-refractivity contribution in [2.24, 2.45) is 5.73 Å². The van der Waals surface area contributed by atoms with Gasteiger partial charge in [-0.1, -0.05) is 6.92 Å². The lowest BCUT2D eigenvalue weighted by molar-refractivity contribution is -0.117. The Kier molecular flexibility index (Phi) is 4.33. The van der Waals surface area contributed by atoms with Gasteiger partial charge in [0.25, 0.3) is 0 Å². The lowest BCUT2D eigenvalue weighted by Gasteiger charge is -2.12. The number of amides is 1. The molecule has 1 atom stereocenters. The number of carbonyl (C=O) groups excluding carboxylic acids is 1. The van der Waals surface area contributed by atoms with E-state index in [1.807, 2.05) is 0 Å². The smallest absolute Gasteiger partial charge is 0.337 e. The highest BCUT2D eigenvalue weighted by Crippen LogP contribution is 2.20. The third-order valence-corrected chi connectivity index (χ3v) is 2.33. The molecule has 0 radical (unpaired) electrons. The van der Waals surface area contributed by atoms with E-state index in [0.29, 0.717) is 18.6 Å². The Hall–Kier alpha value is -2.02. The van der Waals surface area contributed by atoms with E-state index in [1.54, 1.807) is 6.92 Å². The van der Waals surface area contributed by atoms with Crippen LogP contribution in [0.25, 0.3) is 0 Å². The van der Waals surface area contributed by atoms with E-state index in [9.17, 15) is 18.4 Å². The Morgan fingerprint density at radius 1 is 1.39 bits per heavy atom. The van der Waals surface area contributed by atoms with E-state index in [2.05, 4.69) is 5.32 Å². The van der Waals surface area contributed by atoms with E-state index in [1.165, 1.54) is 0 Å². The largest absolute Gasteiger partial charge is 0.478 e. The summed E-state index contributed by atoms with van der Waals surface area (Å²) >= 11 is 0. The Morgan fingerprint density at radius 2 is 1.94 bits per heavy atom. The van der Waals surface area contributed by atoms with E-state index >= 15 is 0 Å². The van der Waals surface area contributed by atoms with Crippen molar-refractivity contribution in [3.8, 4) is 0 Å². The molecule has 0 saturated carbocycles. The molecule has 1 aromatic carbocycles. The molecule has 5 nitrogen and oxygen atoms in total. The Labute approximate surface area is 102 Å². The zero-order valence-corrected chi connectivity index (χ0v) is 9.54. The fraction of sp³-hybridized carbons (Fsp3) is 0.273. The summed E-state index contributed by atoms with van der Waals surface area (Å²) in [5.74, 6) is -4.69. The number of anilines is 1. The first kappa shape index (κ1) is 14.0. The highest BCUT2D eigenvalue weighted by Gasteiger charge is 2.19. The molecule has 0 aliphatic carbocycles. The van der Waals surface area contributed by atoms with E-state index in [0.717, 1.165) is 0 Å². The summed E-state index contributed by atoms with van der Waals surface area (Å²) in [6, 6.07) is 0.267. The van der Waals surface area contributed by atoms with Gasteiger partial charge < -0.3 is 16.2 Å². The maximum Gasteiger partial charge on any atom is 0.337 e. The van der Waals surface area contributed by atoms with Gasteiger partial charge >= 0.3 is 5.97 Å². The molecular formula is C11H12F2N2O3. The van der Waals surface area contributed by atoms with Gasteiger partial charge in [0.05, 0.1) is 17.3 Å². The molecule has 1 aromatic rings. The van der Waals surface area contributed by atoms with Gasteiger partial charge in [0, 0.05) is 6.07 Å². The molecule has 7 heteroatoms. The molecule has 0 aliphatic heterocycles. The van der Waals surface area contributed by atoms with Crippen LogP contribution >= 0.6 is 0 Å². The molecule has 1 unspecified atom stereocenters. The molecule has 0 aliphatic rings. The van der Waals surface area contributed by atoms with Crippen molar-refractivity contribution in [2.75, 3.05) is 5.32 Å². The van der Waals surface area contributed by atoms with Crippen LogP contribution in [-0.2, 0) is 4.79 Å². The SMILES string of the molecule is CCC(N)C(=O)Nc1cc(F)c(F)cc1C(=O)O. The number of hydrogen-bond donors (Lipinski definition) is 3. The number of rotatable bonds is 4. The zero-order valence-electron chi connectivity index (χ0n) is 9.54. The van der Waals surface area contributed by atoms with E-state index < -0.39 is 35.1 Å². The molecule has 0 fully saturated rings. The predicted molar refractivity (Wildman–Crippen MR) is 60.2 cm³/mol. The Bertz CT molecular complexity index is 491.